The lowest BCUT2D eigenvalue weighted by Gasteiger charge is -2.09. The van der Waals surface area contributed by atoms with Crippen LogP contribution in [0.5, 0.6) is 0 Å². The number of nitrogens with one attached hydrogen (secondary N) is 2. The van der Waals surface area contributed by atoms with Crippen LogP contribution in [0.4, 0.5) is 17.1 Å². The number of aromatic nitrogens is 2. The second kappa shape index (κ2) is 8.11. The molecule has 2 N–H and O–H groups in total. The summed E-state index contributed by atoms with van der Waals surface area (Å²) in [6.07, 6.45) is 1.55. The number of nitro groups is 1. The van der Waals surface area contributed by atoms with E-state index in [0.29, 0.717) is 22.6 Å². The first-order valence-corrected chi connectivity index (χ1v) is 8.79. The second-order valence-corrected chi connectivity index (χ2v) is 6.61. The van der Waals surface area contributed by atoms with E-state index in [9.17, 15) is 19.7 Å². The van der Waals surface area contributed by atoms with E-state index in [0.717, 1.165) is 0 Å². The summed E-state index contributed by atoms with van der Waals surface area (Å²) in [5, 5.41) is 20.7. The third-order valence-corrected chi connectivity index (χ3v) is 4.28. The lowest BCUT2D eigenvalue weighted by molar-refractivity contribution is -0.384. The van der Waals surface area contributed by atoms with Gasteiger partial charge in [0.05, 0.1) is 21.2 Å². The topological polar surface area (TPSA) is 119 Å². The average molecular weight is 414 g/mol. The van der Waals surface area contributed by atoms with Gasteiger partial charge in [0, 0.05) is 43.6 Å². The molecule has 0 saturated heterocycles. The Morgan fingerprint density at radius 3 is 2.41 bits per heavy atom. The Bertz CT molecular complexity index is 1110. The lowest BCUT2D eigenvalue weighted by atomic mass is 10.1. The molecule has 0 spiro atoms. The largest absolute Gasteiger partial charge is 0.326 e. The van der Waals surface area contributed by atoms with Crippen LogP contribution in [-0.2, 0) is 11.8 Å². The zero-order valence-corrected chi connectivity index (χ0v) is 16.2. The van der Waals surface area contributed by atoms with E-state index in [4.69, 9.17) is 11.6 Å². The van der Waals surface area contributed by atoms with Gasteiger partial charge >= 0.3 is 0 Å². The predicted molar refractivity (Wildman–Crippen MR) is 109 cm³/mol. The standard InChI is InChI=1S/C19H16ClN5O4/c1-11(26)21-13-5-8-17(16(20)9-13)22-19(27)15-10-24(2)23-18(15)12-3-6-14(7-4-12)25(28)29/h3-10H,1-2H3,(H,21,26)(H,22,27). The summed E-state index contributed by atoms with van der Waals surface area (Å²) < 4.78 is 1.48. The van der Waals surface area contributed by atoms with Gasteiger partial charge in [-0.15, -0.1) is 0 Å². The molecule has 0 saturated carbocycles. The fourth-order valence-corrected chi connectivity index (χ4v) is 2.92. The molecule has 148 valence electrons. The van der Waals surface area contributed by atoms with Crippen molar-refractivity contribution in [3.8, 4) is 11.3 Å². The molecule has 0 radical (unpaired) electrons. The van der Waals surface area contributed by atoms with Gasteiger partial charge < -0.3 is 10.6 Å². The van der Waals surface area contributed by atoms with Crippen molar-refractivity contribution in [2.24, 2.45) is 7.05 Å². The average Bonchev–Trinajstić information content (AvgIpc) is 3.05. The number of aryl methyl sites for hydroxylation is 1. The van der Waals surface area contributed by atoms with Gasteiger partial charge in [0.1, 0.15) is 5.69 Å². The normalized spacial score (nSPS) is 10.4. The maximum Gasteiger partial charge on any atom is 0.269 e. The number of hydrogen-bond acceptors (Lipinski definition) is 5. The van der Waals surface area contributed by atoms with Crippen LogP contribution in [0.3, 0.4) is 0 Å². The molecule has 0 bridgehead atoms. The Balaban J connectivity index is 1.87. The summed E-state index contributed by atoms with van der Waals surface area (Å²) in [5.41, 5.74) is 2.04. The van der Waals surface area contributed by atoms with Crippen LogP contribution in [0.25, 0.3) is 11.3 Å². The van der Waals surface area contributed by atoms with Gasteiger partial charge in [-0.1, -0.05) is 11.6 Å². The van der Waals surface area contributed by atoms with Crippen LogP contribution in [0.2, 0.25) is 5.02 Å². The van der Waals surface area contributed by atoms with Crippen molar-refractivity contribution >= 4 is 40.5 Å². The zero-order valence-electron chi connectivity index (χ0n) is 15.5. The molecule has 0 aliphatic heterocycles. The first-order chi connectivity index (χ1) is 13.7. The van der Waals surface area contributed by atoms with Gasteiger partial charge in [-0.05, 0) is 30.3 Å². The van der Waals surface area contributed by atoms with Crippen LogP contribution >= 0.6 is 11.6 Å². The van der Waals surface area contributed by atoms with Crippen LogP contribution in [-0.4, -0.2) is 26.5 Å². The lowest BCUT2D eigenvalue weighted by Crippen LogP contribution is -2.13. The molecule has 9 nitrogen and oxygen atoms in total. The van der Waals surface area contributed by atoms with Crippen molar-refractivity contribution in [2.45, 2.75) is 6.92 Å². The third-order valence-electron chi connectivity index (χ3n) is 3.96. The SMILES string of the molecule is CC(=O)Nc1ccc(NC(=O)c2cn(C)nc2-c2ccc([N+](=O)[O-])cc2)c(Cl)c1. The van der Waals surface area contributed by atoms with E-state index < -0.39 is 10.8 Å². The summed E-state index contributed by atoms with van der Waals surface area (Å²) >= 11 is 6.20. The highest BCUT2D eigenvalue weighted by molar-refractivity contribution is 6.34. The molecule has 0 aliphatic carbocycles. The minimum atomic E-state index is -0.498. The van der Waals surface area contributed by atoms with E-state index in [-0.39, 0.29) is 22.2 Å². The molecule has 1 aromatic heterocycles. The highest BCUT2D eigenvalue weighted by atomic mass is 35.5. The molecule has 2 amide bonds. The molecule has 3 aromatic rings. The molecule has 3 rings (SSSR count). The molecule has 1 heterocycles. The smallest absolute Gasteiger partial charge is 0.269 e. The Morgan fingerprint density at radius 2 is 1.83 bits per heavy atom. The predicted octanol–water partition coefficient (Wildman–Crippen LogP) is 3.86. The Morgan fingerprint density at radius 1 is 1.14 bits per heavy atom. The molecule has 10 heteroatoms. The van der Waals surface area contributed by atoms with Crippen molar-refractivity contribution in [1.29, 1.82) is 0 Å². The fraction of sp³-hybridized carbons (Fsp3) is 0.105. The number of rotatable bonds is 5. The molecule has 0 atom stereocenters. The Labute approximate surface area is 170 Å². The van der Waals surface area contributed by atoms with Gasteiger partial charge in [0.2, 0.25) is 5.91 Å². The van der Waals surface area contributed by atoms with Crippen molar-refractivity contribution in [2.75, 3.05) is 10.6 Å². The number of non-ortho nitro benzene ring substituents is 1. The summed E-state index contributed by atoms with van der Waals surface area (Å²) in [7, 11) is 1.67. The molecule has 2 aromatic carbocycles. The maximum atomic E-state index is 12.8. The van der Waals surface area contributed by atoms with Gasteiger partial charge in [-0.3, -0.25) is 24.4 Å². The quantitative estimate of drug-likeness (QED) is 0.486. The van der Waals surface area contributed by atoms with Gasteiger partial charge in [-0.25, -0.2) is 0 Å². The Kier molecular flexibility index (Phi) is 5.60. The number of benzene rings is 2. The molecule has 0 unspecified atom stereocenters. The van der Waals surface area contributed by atoms with Crippen molar-refractivity contribution < 1.29 is 14.5 Å². The highest BCUT2D eigenvalue weighted by Gasteiger charge is 2.19. The minimum absolute atomic E-state index is 0.0540. The number of hydrogen-bond donors (Lipinski definition) is 2. The number of nitro benzene ring substituents is 1. The first-order valence-electron chi connectivity index (χ1n) is 8.41. The monoisotopic (exact) mass is 413 g/mol. The fourth-order valence-electron chi connectivity index (χ4n) is 2.70. The molecular weight excluding hydrogens is 398 g/mol. The van der Waals surface area contributed by atoms with Crippen LogP contribution < -0.4 is 10.6 Å². The van der Waals surface area contributed by atoms with Crippen molar-refractivity contribution in [3.63, 3.8) is 0 Å². The third kappa shape index (κ3) is 4.58. The molecule has 0 fully saturated rings. The summed E-state index contributed by atoms with van der Waals surface area (Å²) in [4.78, 5) is 34.3. The van der Waals surface area contributed by atoms with E-state index in [1.165, 1.54) is 41.9 Å². The molecular formula is C19H16ClN5O4. The van der Waals surface area contributed by atoms with Crippen LogP contribution in [0.1, 0.15) is 17.3 Å². The van der Waals surface area contributed by atoms with Crippen LogP contribution in [0, 0.1) is 10.1 Å². The van der Waals surface area contributed by atoms with Crippen molar-refractivity contribution in [1.82, 2.24) is 9.78 Å². The minimum Gasteiger partial charge on any atom is -0.326 e. The number of amides is 2. The first kappa shape index (κ1) is 20.0. The maximum absolute atomic E-state index is 12.8. The zero-order chi connectivity index (χ0) is 21.1. The number of carbonyl (C=O) groups excluding carboxylic acids is 2. The summed E-state index contributed by atoms with van der Waals surface area (Å²) in [6.45, 7) is 1.38. The van der Waals surface area contributed by atoms with E-state index in [1.54, 1.807) is 25.4 Å². The number of carbonyl (C=O) groups is 2. The summed E-state index contributed by atoms with van der Waals surface area (Å²) in [5.74, 6) is -0.679. The second-order valence-electron chi connectivity index (χ2n) is 6.20. The molecule has 0 aliphatic rings. The summed E-state index contributed by atoms with van der Waals surface area (Å²) in [6, 6.07) is 10.5. The highest BCUT2D eigenvalue weighted by Crippen LogP contribution is 2.28. The number of anilines is 2. The number of halogens is 1. The van der Waals surface area contributed by atoms with E-state index in [1.807, 2.05) is 0 Å². The van der Waals surface area contributed by atoms with E-state index in [2.05, 4.69) is 15.7 Å². The van der Waals surface area contributed by atoms with Crippen LogP contribution in [0.15, 0.2) is 48.7 Å². The van der Waals surface area contributed by atoms with E-state index >= 15 is 0 Å². The van der Waals surface area contributed by atoms with Gasteiger partial charge in [0.15, 0.2) is 0 Å². The van der Waals surface area contributed by atoms with Gasteiger partial charge in [-0.2, -0.15) is 5.10 Å². The molecule has 29 heavy (non-hydrogen) atoms. The van der Waals surface area contributed by atoms with Gasteiger partial charge in [0.25, 0.3) is 11.6 Å². The number of nitrogens with zero attached hydrogens (tertiary/aromatic N) is 3. The Hall–Kier alpha value is -3.72. The van der Waals surface area contributed by atoms with Crippen molar-refractivity contribution in [3.05, 3.63) is 69.4 Å².